The van der Waals surface area contributed by atoms with Gasteiger partial charge in [0.25, 0.3) is 0 Å². The Kier molecular flexibility index (Phi) is 3.67. The van der Waals surface area contributed by atoms with E-state index in [1.54, 1.807) is 18.2 Å². The maximum Gasteiger partial charge on any atom is 0.198 e. The number of tetrazole rings is 1. The van der Waals surface area contributed by atoms with Crippen LogP contribution in [0.1, 0.15) is 12.7 Å². The summed E-state index contributed by atoms with van der Waals surface area (Å²) in [6, 6.07) is 7.25. The molecule has 0 unspecified atom stereocenters. The van der Waals surface area contributed by atoms with Crippen LogP contribution >= 0.6 is 11.6 Å². The van der Waals surface area contributed by atoms with Gasteiger partial charge in [0.2, 0.25) is 0 Å². The molecule has 86 valence electrons. The Balaban J connectivity index is 2.20. The second-order valence-electron chi connectivity index (χ2n) is 3.30. The molecule has 5 heteroatoms. The molecule has 0 aliphatic heterocycles. The second-order valence-corrected chi connectivity index (χ2v) is 3.73. The number of aromatic nitrogens is 4. The van der Waals surface area contributed by atoms with E-state index in [1.807, 2.05) is 37.3 Å². The molecule has 0 aliphatic carbocycles. The molecule has 1 aromatic heterocycles. The molecule has 0 saturated carbocycles. The van der Waals surface area contributed by atoms with Crippen molar-refractivity contribution in [1.82, 2.24) is 20.2 Å². The SMILES string of the molecule is C/C=C/C=C/c1nnn(-c2ccc(Cl)cc2)n1. The number of rotatable bonds is 3. The van der Waals surface area contributed by atoms with Crippen LogP contribution in [0, 0.1) is 0 Å². The van der Waals surface area contributed by atoms with Gasteiger partial charge in [-0.25, -0.2) is 0 Å². The molecular weight excluding hydrogens is 236 g/mol. The first-order chi connectivity index (χ1) is 8.29. The van der Waals surface area contributed by atoms with Crippen molar-refractivity contribution in [2.45, 2.75) is 6.92 Å². The number of hydrogen-bond acceptors (Lipinski definition) is 3. The third kappa shape index (κ3) is 3.01. The third-order valence-electron chi connectivity index (χ3n) is 2.04. The maximum atomic E-state index is 5.80. The number of nitrogens with zero attached hydrogens (tertiary/aromatic N) is 4. The molecular formula is C12H11ClN4. The Morgan fingerprint density at radius 2 is 1.94 bits per heavy atom. The van der Waals surface area contributed by atoms with Crippen molar-refractivity contribution >= 4 is 17.7 Å². The molecule has 0 amide bonds. The van der Waals surface area contributed by atoms with Crippen molar-refractivity contribution in [3.8, 4) is 5.69 Å². The topological polar surface area (TPSA) is 43.6 Å². The largest absolute Gasteiger partial charge is 0.198 e. The van der Waals surface area contributed by atoms with Crippen molar-refractivity contribution in [3.63, 3.8) is 0 Å². The van der Waals surface area contributed by atoms with E-state index in [4.69, 9.17) is 11.6 Å². The van der Waals surface area contributed by atoms with Crippen molar-refractivity contribution < 1.29 is 0 Å². The Morgan fingerprint density at radius 3 is 2.65 bits per heavy atom. The molecule has 0 aliphatic rings. The van der Waals surface area contributed by atoms with Crippen LogP contribution in [-0.4, -0.2) is 20.2 Å². The average Bonchev–Trinajstić information content (AvgIpc) is 2.79. The van der Waals surface area contributed by atoms with Gasteiger partial charge in [-0.05, 0) is 42.5 Å². The predicted octanol–water partition coefficient (Wildman–Crippen LogP) is 2.91. The molecule has 4 nitrogen and oxygen atoms in total. The number of halogens is 1. The van der Waals surface area contributed by atoms with Crippen LogP contribution in [0.5, 0.6) is 0 Å². The average molecular weight is 247 g/mol. The molecule has 1 aromatic carbocycles. The predicted molar refractivity (Wildman–Crippen MR) is 68.0 cm³/mol. The van der Waals surface area contributed by atoms with Gasteiger partial charge in [-0.2, -0.15) is 0 Å². The lowest BCUT2D eigenvalue weighted by Crippen LogP contribution is -1.98. The van der Waals surface area contributed by atoms with E-state index in [0.717, 1.165) is 5.69 Å². The molecule has 0 radical (unpaired) electrons. The summed E-state index contributed by atoms with van der Waals surface area (Å²) in [6.45, 7) is 1.95. The van der Waals surface area contributed by atoms with E-state index in [2.05, 4.69) is 15.4 Å². The Bertz CT molecular complexity index is 540. The quantitative estimate of drug-likeness (QED) is 0.782. The maximum absolute atomic E-state index is 5.80. The first kappa shape index (κ1) is 11.5. The molecule has 2 rings (SSSR count). The monoisotopic (exact) mass is 246 g/mol. The lowest BCUT2D eigenvalue weighted by Gasteiger charge is -1.96. The smallest absolute Gasteiger partial charge is 0.131 e. The third-order valence-corrected chi connectivity index (χ3v) is 2.29. The van der Waals surface area contributed by atoms with Crippen molar-refractivity contribution in [1.29, 1.82) is 0 Å². The van der Waals surface area contributed by atoms with Gasteiger partial charge in [-0.1, -0.05) is 29.8 Å². The van der Waals surface area contributed by atoms with E-state index in [9.17, 15) is 0 Å². The van der Waals surface area contributed by atoms with Crippen LogP contribution in [0.2, 0.25) is 5.02 Å². The highest BCUT2D eigenvalue weighted by molar-refractivity contribution is 6.30. The van der Waals surface area contributed by atoms with Gasteiger partial charge in [0.05, 0.1) is 5.69 Å². The van der Waals surface area contributed by atoms with Gasteiger partial charge >= 0.3 is 0 Å². The van der Waals surface area contributed by atoms with Crippen molar-refractivity contribution in [2.24, 2.45) is 0 Å². The van der Waals surface area contributed by atoms with E-state index >= 15 is 0 Å². The lowest BCUT2D eigenvalue weighted by molar-refractivity contribution is 0.719. The standard InChI is InChI=1S/C12H11ClN4/c1-2-3-4-5-12-14-16-17(15-12)11-8-6-10(13)7-9-11/h2-9H,1H3/b3-2+,5-4+. The van der Waals surface area contributed by atoms with Crippen LogP contribution in [0.15, 0.2) is 42.5 Å². The summed E-state index contributed by atoms with van der Waals surface area (Å²) in [5.74, 6) is 0.568. The highest BCUT2D eigenvalue weighted by atomic mass is 35.5. The fourth-order valence-electron chi connectivity index (χ4n) is 1.23. The Morgan fingerprint density at radius 1 is 1.18 bits per heavy atom. The summed E-state index contributed by atoms with van der Waals surface area (Å²) in [4.78, 5) is 1.46. The highest BCUT2D eigenvalue weighted by Crippen LogP contribution is 2.11. The molecule has 2 aromatic rings. The van der Waals surface area contributed by atoms with E-state index < -0.39 is 0 Å². The van der Waals surface area contributed by atoms with Crippen molar-refractivity contribution in [2.75, 3.05) is 0 Å². The number of benzene rings is 1. The summed E-state index contributed by atoms with van der Waals surface area (Å²) in [5, 5.41) is 12.8. The fourth-order valence-corrected chi connectivity index (χ4v) is 1.35. The minimum absolute atomic E-state index is 0.568. The van der Waals surface area contributed by atoms with Crippen LogP contribution in [0.3, 0.4) is 0 Å². The summed E-state index contributed by atoms with van der Waals surface area (Å²) in [5.41, 5.74) is 0.826. The molecule has 17 heavy (non-hydrogen) atoms. The van der Waals surface area contributed by atoms with Gasteiger partial charge in [0.1, 0.15) is 0 Å². The zero-order chi connectivity index (χ0) is 12.1. The van der Waals surface area contributed by atoms with Crippen LogP contribution in [-0.2, 0) is 0 Å². The molecule has 0 atom stereocenters. The van der Waals surface area contributed by atoms with Gasteiger partial charge in [0, 0.05) is 5.02 Å². The first-order valence-electron chi connectivity index (χ1n) is 5.15. The molecule has 0 fully saturated rings. The zero-order valence-corrected chi connectivity index (χ0v) is 10.0. The van der Waals surface area contributed by atoms with E-state index in [1.165, 1.54) is 4.80 Å². The summed E-state index contributed by atoms with van der Waals surface area (Å²) in [6.07, 6.45) is 7.49. The summed E-state index contributed by atoms with van der Waals surface area (Å²) >= 11 is 5.80. The Hall–Kier alpha value is -1.94. The van der Waals surface area contributed by atoms with E-state index in [0.29, 0.717) is 10.8 Å². The minimum atomic E-state index is 0.568. The van der Waals surface area contributed by atoms with Crippen LogP contribution < -0.4 is 0 Å². The van der Waals surface area contributed by atoms with E-state index in [-0.39, 0.29) is 0 Å². The fraction of sp³-hybridized carbons (Fsp3) is 0.0833. The normalized spacial score (nSPS) is 11.6. The number of allylic oxidation sites excluding steroid dienone is 3. The minimum Gasteiger partial charge on any atom is -0.131 e. The molecule has 1 heterocycles. The zero-order valence-electron chi connectivity index (χ0n) is 9.29. The summed E-state index contributed by atoms with van der Waals surface area (Å²) in [7, 11) is 0. The highest BCUT2D eigenvalue weighted by Gasteiger charge is 2.01. The van der Waals surface area contributed by atoms with Crippen LogP contribution in [0.25, 0.3) is 11.8 Å². The molecule has 0 saturated heterocycles. The van der Waals surface area contributed by atoms with Gasteiger partial charge in [-0.15, -0.1) is 15.0 Å². The van der Waals surface area contributed by atoms with Crippen molar-refractivity contribution in [3.05, 3.63) is 53.3 Å². The molecule has 0 N–H and O–H groups in total. The van der Waals surface area contributed by atoms with Gasteiger partial charge in [0.15, 0.2) is 5.82 Å². The summed E-state index contributed by atoms with van der Waals surface area (Å²) < 4.78 is 0. The lowest BCUT2D eigenvalue weighted by atomic mass is 10.3. The van der Waals surface area contributed by atoms with Gasteiger partial charge < -0.3 is 0 Å². The number of hydrogen-bond donors (Lipinski definition) is 0. The first-order valence-corrected chi connectivity index (χ1v) is 5.53. The molecule has 0 spiro atoms. The Labute approximate surface area is 104 Å². The second kappa shape index (κ2) is 5.41. The molecule has 0 bridgehead atoms. The van der Waals surface area contributed by atoms with Crippen LogP contribution in [0.4, 0.5) is 0 Å². The van der Waals surface area contributed by atoms with Gasteiger partial charge in [-0.3, -0.25) is 0 Å².